The minimum Gasteiger partial charge on any atom is -0.469 e. The summed E-state index contributed by atoms with van der Waals surface area (Å²) in [5.41, 5.74) is 3.43. The fourth-order valence-electron chi connectivity index (χ4n) is 1.67. The highest BCUT2D eigenvalue weighted by molar-refractivity contribution is 5.99. The van der Waals surface area contributed by atoms with Crippen LogP contribution >= 0.6 is 0 Å². The summed E-state index contributed by atoms with van der Waals surface area (Å²) in [6.45, 7) is 1.57. The topological polar surface area (TPSA) is 114 Å². The molecule has 1 heterocycles. The van der Waals surface area contributed by atoms with E-state index in [1.807, 2.05) is 0 Å². The number of carbonyl (C=O) groups is 2. The molecule has 0 aliphatic heterocycles. The average Bonchev–Trinajstić information content (AvgIpc) is 2.90. The van der Waals surface area contributed by atoms with Gasteiger partial charge in [0.15, 0.2) is 0 Å². The third-order valence-corrected chi connectivity index (χ3v) is 2.80. The molecule has 9 heteroatoms. The molecule has 0 aliphatic rings. The number of amides is 2. The van der Waals surface area contributed by atoms with Crippen LogP contribution in [0.3, 0.4) is 0 Å². The summed E-state index contributed by atoms with van der Waals surface area (Å²) in [6, 6.07) is 4.06. The predicted octanol–water partition coefficient (Wildman–Crippen LogP) is 1.71. The molecule has 1 aromatic carbocycles. The van der Waals surface area contributed by atoms with E-state index in [0.717, 1.165) is 18.2 Å². The van der Waals surface area contributed by atoms with Crippen LogP contribution in [-0.2, 0) is 0 Å². The van der Waals surface area contributed by atoms with Crippen molar-refractivity contribution in [2.24, 2.45) is 0 Å². The first-order valence-electron chi connectivity index (χ1n) is 5.99. The van der Waals surface area contributed by atoms with Crippen LogP contribution in [0.4, 0.5) is 10.1 Å². The number of carbonyl (C=O) groups excluding carboxylic acids is 2. The van der Waals surface area contributed by atoms with Crippen molar-refractivity contribution in [2.45, 2.75) is 6.92 Å². The predicted molar refractivity (Wildman–Crippen MR) is 71.4 cm³/mol. The smallest absolute Gasteiger partial charge is 0.305 e. The molecule has 0 saturated carbocycles. The molecule has 114 valence electrons. The summed E-state index contributed by atoms with van der Waals surface area (Å²) in [5.74, 6) is -2.13. The number of benzene rings is 1. The van der Waals surface area contributed by atoms with Crippen LogP contribution in [-0.4, -0.2) is 16.7 Å². The van der Waals surface area contributed by atoms with Gasteiger partial charge in [0.25, 0.3) is 11.8 Å². The van der Waals surface area contributed by atoms with Gasteiger partial charge in [0, 0.05) is 11.6 Å². The molecule has 2 amide bonds. The number of nitrogens with one attached hydrogen (secondary N) is 2. The number of hydrogen-bond acceptors (Lipinski definition) is 5. The van der Waals surface area contributed by atoms with E-state index in [0.29, 0.717) is 5.76 Å². The molecule has 0 fully saturated rings. The maximum atomic E-state index is 13.2. The van der Waals surface area contributed by atoms with Crippen molar-refractivity contribution in [3.05, 3.63) is 63.3 Å². The molecule has 2 rings (SSSR count). The van der Waals surface area contributed by atoms with Gasteiger partial charge in [-0.2, -0.15) is 4.39 Å². The third-order valence-electron chi connectivity index (χ3n) is 2.80. The van der Waals surface area contributed by atoms with Crippen molar-refractivity contribution >= 4 is 17.5 Å². The van der Waals surface area contributed by atoms with Gasteiger partial charge in [0.2, 0.25) is 5.82 Å². The summed E-state index contributed by atoms with van der Waals surface area (Å²) in [4.78, 5) is 33.2. The van der Waals surface area contributed by atoms with Crippen molar-refractivity contribution in [1.29, 1.82) is 0 Å². The fourth-order valence-corrected chi connectivity index (χ4v) is 1.67. The van der Waals surface area contributed by atoms with Crippen molar-refractivity contribution in [1.82, 2.24) is 10.9 Å². The Kier molecular flexibility index (Phi) is 4.16. The van der Waals surface area contributed by atoms with Crippen LogP contribution in [0.1, 0.15) is 26.5 Å². The zero-order valence-corrected chi connectivity index (χ0v) is 11.3. The number of halogens is 1. The van der Waals surface area contributed by atoms with Crippen molar-refractivity contribution in [3.63, 3.8) is 0 Å². The van der Waals surface area contributed by atoms with Crippen molar-refractivity contribution < 1.29 is 23.3 Å². The lowest BCUT2D eigenvalue weighted by molar-refractivity contribution is -0.387. The third kappa shape index (κ3) is 3.08. The highest BCUT2D eigenvalue weighted by Gasteiger charge is 2.18. The lowest BCUT2D eigenvalue weighted by atomic mass is 10.2. The van der Waals surface area contributed by atoms with E-state index in [1.165, 1.54) is 12.3 Å². The molecule has 0 unspecified atom stereocenters. The quantitative estimate of drug-likeness (QED) is 0.661. The fraction of sp³-hybridized carbons (Fsp3) is 0.0769. The molecule has 22 heavy (non-hydrogen) atoms. The van der Waals surface area contributed by atoms with E-state index in [2.05, 4.69) is 10.9 Å². The SMILES string of the molecule is Cc1occc1C(=O)NNC(=O)c1ccc(F)c([N+](=O)[O-])c1. The summed E-state index contributed by atoms with van der Waals surface area (Å²) >= 11 is 0. The van der Waals surface area contributed by atoms with Crippen LogP contribution in [0.2, 0.25) is 0 Å². The first-order valence-corrected chi connectivity index (χ1v) is 5.99. The van der Waals surface area contributed by atoms with Crippen LogP contribution in [0.15, 0.2) is 34.9 Å². The Morgan fingerprint density at radius 2 is 1.91 bits per heavy atom. The standard InChI is InChI=1S/C13H10FN3O5/c1-7-9(4-5-22-7)13(19)16-15-12(18)8-2-3-10(14)11(6-8)17(20)21/h2-6H,1H3,(H,15,18)(H,16,19). The highest BCUT2D eigenvalue weighted by atomic mass is 19.1. The number of furan rings is 1. The molecule has 0 radical (unpaired) electrons. The minimum atomic E-state index is -1.06. The molecular weight excluding hydrogens is 297 g/mol. The Balaban J connectivity index is 2.07. The van der Waals surface area contributed by atoms with Crippen LogP contribution in [0.25, 0.3) is 0 Å². The Morgan fingerprint density at radius 3 is 2.50 bits per heavy atom. The lowest BCUT2D eigenvalue weighted by Crippen LogP contribution is -2.41. The molecule has 0 bridgehead atoms. The van der Waals surface area contributed by atoms with Gasteiger partial charge in [-0.3, -0.25) is 30.6 Å². The largest absolute Gasteiger partial charge is 0.469 e. The number of hydrazine groups is 1. The van der Waals surface area contributed by atoms with Gasteiger partial charge in [-0.15, -0.1) is 0 Å². The molecule has 0 aliphatic carbocycles. The zero-order valence-electron chi connectivity index (χ0n) is 11.3. The van der Waals surface area contributed by atoms with Gasteiger partial charge in [-0.05, 0) is 25.1 Å². The summed E-state index contributed by atoms with van der Waals surface area (Å²) in [6.07, 6.45) is 1.31. The Hall–Kier alpha value is -3.23. The molecular formula is C13H10FN3O5. The maximum absolute atomic E-state index is 13.2. The van der Waals surface area contributed by atoms with Crippen LogP contribution in [0.5, 0.6) is 0 Å². The second kappa shape index (κ2) is 6.04. The number of nitro groups is 1. The van der Waals surface area contributed by atoms with E-state index in [9.17, 15) is 24.1 Å². The van der Waals surface area contributed by atoms with E-state index < -0.39 is 28.2 Å². The van der Waals surface area contributed by atoms with Gasteiger partial charge >= 0.3 is 5.69 Å². The van der Waals surface area contributed by atoms with Gasteiger partial charge in [-0.25, -0.2) is 0 Å². The molecule has 2 aromatic rings. The maximum Gasteiger partial charge on any atom is 0.305 e. The van der Waals surface area contributed by atoms with E-state index in [4.69, 9.17) is 4.42 Å². The van der Waals surface area contributed by atoms with Gasteiger partial charge < -0.3 is 4.42 Å². The van der Waals surface area contributed by atoms with Gasteiger partial charge in [0.05, 0.1) is 16.7 Å². The number of hydrogen-bond donors (Lipinski definition) is 2. The lowest BCUT2D eigenvalue weighted by Gasteiger charge is -2.07. The van der Waals surface area contributed by atoms with Crippen molar-refractivity contribution in [3.8, 4) is 0 Å². The number of nitro benzene ring substituents is 1. The number of nitrogens with zero attached hydrogens (tertiary/aromatic N) is 1. The Labute approximate surface area is 123 Å². The summed E-state index contributed by atoms with van der Waals surface area (Å²) in [7, 11) is 0. The van der Waals surface area contributed by atoms with Crippen LogP contribution in [0, 0.1) is 22.9 Å². The van der Waals surface area contributed by atoms with E-state index in [-0.39, 0.29) is 11.1 Å². The Morgan fingerprint density at radius 1 is 1.23 bits per heavy atom. The minimum absolute atomic E-state index is 0.169. The second-order valence-corrected chi connectivity index (χ2v) is 4.22. The Bertz CT molecular complexity index is 756. The summed E-state index contributed by atoms with van der Waals surface area (Å²) < 4.78 is 18.1. The average molecular weight is 307 g/mol. The molecule has 0 spiro atoms. The second-order valence-electron chi connectivity index (χ2n) is 4.22. The zero-order chi connectivity index (χ0) is 16.3. The number of aryl methyl sites for hydroxylation is 1. The van der Waals surface area contributed by atoms with E-state index >= 15 is 0 Å². The highest BCUT2D eigenvalue weighted by Crippen LogP contribution is 2.18. The van der Waals surface area contributed by atoms with Crippen molar-refractivity contribution in [2.75, 3.05) is 0 Å². The first-order chi connectivity index (χ1) is 10.4. The first kappa shape index (κ1) is 15.2. The molecule has 0 saturated heterocycles. The van der Waals surface area contributed by atoms with Gasteiger partial charge in [-0.1, -0.05) is 0 Å². The normalized spacial score (nSPS) is 10.1. The molecule has 8 nitrogen and oxygen atoms in total. The van der Waals surface area contributed by atoms with Crippen LogP contribution < -0.4 is 10.9 Å². The molecule has 0 atom stereocenters. The van der Waals surface area contributed by atoms with Gasteiger partial charge in [0.1, 0.15) is 5.76 Å². The number of rotatable bonds is 3. The van der Waals surface area contributed by atoms with E-state index in [1.54, 1.807) is 6.92 Å². The molecule has 2 N–H and O–H groups in total. The monoisotopic (exact) mass is 307 g/mol. The molecule has 1 aromatic heterocycles. The summed E-state index contributed by atoms with van der Waals surface area (Å²) in [5, 5.41) is 10.6.